The van der Waals surface area contributed by atoms with Crippen LogP contribution in [-0.2, 0) is 4.79 Å². The molecule has 1 N–H and O–H groups in total. The molecular weight excluding hydrogens is 331 g/mol. The Morgan fingerprint density at radius 2 is 1.88 bits per heavy atom. The molecule has 1 amide bonds. The highest BCUT2D eigenvalue weighted by atomic mass is 19.4. The number of nitrogens with one attached hydrogen (secondary N) is 1. The smallest absolute Gasteiger partial charge is 0.287 e. The Morgan fingerprint density at radius 1 is 1.20 bits per heavy atom. The van der Waals surface area contributed by atoms with E-state index in [1.807, 2.05) is 6.07 Å². The van der Waals surface area contributed by atoms with Crippen LogP contribution in [0.15, 0.2) is 36.4 Å². The zero-order valence-electron chi connectivity index (χ0n) is 13.7. The van der Waals surface area contributed by atoms with Crippen LogP contribution in [0.2, 0.25) is 0 Å². The van der Waals surface area contributed by atoms with Crippen molar-refractivity contribution in [1.82, 2.24) is 10.4 Å². The SMILES string of the molecule is CC1(C)CN(C(c2ccc3ccc(C#N)cc3c2)C(F)(F)F)NC1=O. The largest absolute Gasteiger partial charge is 0.409 e. The molecule has 1 saturated heterocycles. The first-order valence-corrected chi connectivity index (χ1v) is 7.70. The van der Waals surface area contributed by atoms with E-state index in [1.54, 1.807) is 38.1 Å². The van der Waals surface area contributed by atoms with Crippen LogP contribution in [0, 0.1) is 16.7 Å². The summed E-state index contributed by atoms with van der Waals surface area (Å²) >= 11 is 0. The Hall–Kier alpha value is -2.59. The summed E-state index contributed by atoms with van der Waals surface area (Å²) in [5.74, 6) is -0.436. The maximum atomic E-state index is 13.7. The minimum absolute atomic E-state index is 0.0214. The number of nitriles is 1. The fourth-order valence-electron chi connectivity index (χ4n) is 3.03. The second kappa shape index (κ2) is 5.74. The van der Waals surface area contributed by atoms with Gasteiger partial charge in [0.2, 0.25) is 5.91 Å². The van der Waals surface area contributed by atoms with Crippen LogP contribution in [0.4, 0.5) is 13.2 Å². The molecule has 1 atom stereocenters. The second-order valence-corrected chi connectivity index (χ2v) is 6.83. The van der Waals surface area contributed by atoms with Crippen molar-refractivity contribution in [2.24, 2.45) is 5.41 Å². The van der Waals surface area contributed by atoms with Crippen molar-refractivity contribution in [3.05, 3.63) is 47.5 Å². The van der Waals surface area contributed by atoms with Gasteiger partial charge in [-0.05, 0) is 48.4 Å². The van der Waals surface area contributed by atoms with Crippen molar-refractivity contribution in [3.8, 4) is 6.07 Å². The summed E-state index contributed by atoms with van der Waals surface area (Å²) < 4.78 is 41.2. The highest BCUT2D eigenvalue weighted by Gasteiger charge is 2.51. The van der Waals surface area contributed by atoms with Crippen molar-refractivity contribution in [2.75, 3.05) is 6.54 Å². The molecule has 0 radical (unpaired) electrons. The second-order valence-electron chi connectivity index (χ2n) is 6.83. The number of alkyl halides is 3. The Bertz CT molecular complexity index is 883. The van der Waals surface area contributed by atoms with E-state index in [2.05, 4.69) is 5.43 Å². The van der Waals surface area contributed by atoms with E-state index in [0.717, 1.165) is 10.4 Å². The summed E-state index contributed by atoms with van der Waals surface area (Å²) in [4.78, 5) is 11.9. The van der Waals surface area contributed by atoms with E-state index in [1.165, 1.54) is 12.1 Å². The Morgan fingerprint density at radius 3 is 2.44 bits per heavy atom. The summed E-state index contributed by atoms with van der Waals surface area (Å²) in [6.45, 7) is 3.16. The van der Waals surface area contributed by atoms with Gasteiger partial charge in [-0.1, -0.05) is 18.2 Å². The van der Waals surface area contributed by atoms with Gasteiger partial charge in [0.05, 0.1) is 17.0 Å². The summed E-state index contributed by atoms with van der Waals surface area (Å²) in [5.41, 5.74) is 1.85. The highest BCUT2D eigenvalue weighted by molar-refractivity contribution is 5.85. The first-order chi connectivity index (χ1) is 11.6. The average Bonchev–Trinajstić information content (AvgIpc) is 2.78. The fraction of sp³-hybridized carbons (Fsp3) is 0.333. The molecule has 0 aliphatic carbocycles. The third-order valence-corrected chi connectivity index (χ3v) is 4.36. The molecule has 1 heterocycles. The summed E-state index contributed by atoms with van der Waals surface area (Å²) in [6.07, 6.45) is -4.56. The summed E-state index contributed by atoms with van der Waals surface area (Å²) in [6, 6.07) is 9.32. The first kappa shape index (κ1) is 17.2. The number of benzene rings is 2. The quantitative estimate of drug-likeness (QED) is 0.901. The molecule has 0 aromatic heterocycles. The minimum Gasteiger partial charge on any atom is -0.287 e. The molecule has 0 spiro atoms. The van der Waals surface area contributed by atoms with Crippen molar-refractivity contribution >= 4 is 16.7 Å². The lowest BCUT2D eigenvalue weighted by atomic mass is 9.93. The van der Waals surface area contributed by atoms with Crippen molar-refractivity contribution < 1.29 is 18.0 Å². The lowest BCUT2D eigenvalue weighted by molar-refractivity contribution is -0.191. The molecule has 130 valence electrons. The van der Waals surface area contributed by atoms with Crippen LogP contribution in [0.3, 0.4) is 0 Å². The van der Waals surface area contributed by atoms with E-state index >= 15 is 0 Å². The molecule has 0 bridgehead atoms. The number of carbonyl (C=O) groups excluding carboxylic acids is 1. The molecule has 1 fully saturated rings. The van der Waals surface area contributed by atoms with E-state index in [4.69, 9.17) is 5.26 Å². The van der Waals surface area contributed by atoms with Crippen LogP contribution < -0.4 is 5.43 Å². The number of amides is 1. The van der Waals surface area contributed by atoms with Gasteiger partial charge in [0.15, 0.2) is 0 Å². The van der Waals surface area contributed by atoms with Gasteiger partial charge in [0, 0.05) is 6.54 Å². The number of halogens is 3. The average molecular weight is 347 g/mol. The number of carbonyl (C=O) groups is 1. The number of rotatable bonds is 2. The molecule has 2 aromatic rings. The normalized spacial score (nSPS) is 18.8. The van der Waals surface area contributed by atoms with Gasteiger partial charge in [-0.25, -0.2) is 5.01 Å². The molecule has 4 nitrogen and oxygen atoms in total. The third-order valence-electron chi connectivity index (χ3n) is 4.36. The Balaban J connectivity index is 2.07. The predicted octanol–water partition coefficient (Wildman–Crippen LogP) is 3.69. The van der Waals surface area contributed by atoms with E-state index in [-0.39, 0.29) is 12.1 Å². The van der Waals surface area contributed by atoms with Gasteiger partial charge in [-0.2, -0.15) is 18.4 Å². The molecule has 1 aliphatic rings. The molecule has 7 heteroatoms. The lowest BCUT2D eigenvalue weighted by Gasteiger charge is -2.30. The number of fused-ring (bicyclic) bond motifs is 1. The molecule has 1 unspecified atom stereocenters. The number of nitrogens with zero attached hydrogens (tertiary/aromatic N) is 2. The number of hydrogen-bond donors (Lipinski definition) is 1. The fourth-order valence-corrected chi connectivity index (χ4v) is 3.03. The Labute approximate surface area is 142 Å². The van der Waals surface area contributed by atoms with E-state index in [0.29, 0.717) is 10.9 Å². The van der Waals surface area contributed by atoms with Crippen molar-refractivity contribution in [1.29, 1.82) is 5.26 Å². The van der Waals surface area contributed by atoms with Crippen LogP contribution in [0.1, 0.15) is 31.0 Å². The van der Waals surface area contributed by atoms with Crippen LogP contribution in [-0.4, -0.2) is 23.6 Å². The van der Waals surface area contributed by atoms with Crippen molar-refractivity contribution in [3.63, 3.8) is 0 Å². The minimum atomic E-state index is -4.56. The molecule has 0 saturated carbocycles. The summed E-state index contributed by atoms with van der Waals surface area (Å²) in [7, 11) is 0. The zero-order chi connectivity index (χ0) is 18.4. The molecule has 1 aliphatic heterocycles. The van der Waals surface area contributed by atoms with Gasteiger partial charge in [0.1, 0.15) is 6.04 Å². The van der Waals surface area contributed by atoms with Gasteiger partial charge < -0.3 is 0 Å². The third kappa shape index (κ3) is 3.17. The van der Waals surface area contributed by atoms with Gasteiger partial charge in [-0.3, -0.25) is 10.2 Å². The topological polar surface area (TPSA) is 56.1 Å². The zero-order valence-corrected chi connectivity index (χ0v) is 13.7. The standard InChI is InChI=1S/C18H16F3N3O/c1-17(2)10-24(23-16(17)25)15(18(19,20)21)13-6-5-12-4-3-11(9-22)7-14(12)8-13/h3-8,15H,10H2,1-2H3,(H,23,25). The number of hydrogen-bond acceptors (Lipinski definition) is 3. The van der Waals surface area contributed by atoms with Gasteiger partial charge in [0.25, 0.3) is 0 Å². The van der Waals surface area contributed by atoms with Crippen LogP contribution in [0.5, 0.6) is 0 Å². The van der Waals surface area contributed by atoms with Gasteiger partial charge >= 0.3 is 6.18 Å². The maximum absolute atomic E-state index is 13.7. The number of hydrazine groups is 1. The first-order valence-electron chi connectivity index (χ1n) is 7.70. The lowest BCUT2D eigenvalue weighted by Crippen LogP contribution is -2.43. The van der Waals surface area contributed by atoms with E-state index in [9.17, 15) is 18.0 Å². The molecule has 25 heavy (non-hydrogen) atoms. The van der Waals surface area contributed by atoms with Crippen LogP contribution >= 0.6 is 0 Å². The molecule has 3 rings (SSSR count). The van der Waals surface area contributed by atoms with Gasteiger partial charge in [-0.15, -0.1) is 0 Å². The predicted molar refractivity (Wildman–Crippen MR) is 86.1 cm³/mol. The molecular formula is C18H16F3N3O. The highest BCUT2D eigenvalue weighted by Crippen LogP contribution is 2.41. The molecule has 2 aromatic carbocycles. The monoisotopic (exact) mass is 347 g/mol. The maximum Gasteiger partial charge on any atom is 0.409 e. The summed E-state index contributed by atoms with van der Waals surface area (Å²) in [5, 5.41) is 11.2. The Kier molecular flexibility index (Phi) is 3.96. The van der Waals surface area contributed by atoms with E-state index < -0.39 is 23.5 Å². The van der Waals surface area contributed by atoms with Crippen LogP contribution in [0.25, 0.3) is 10.8 Å². The van der Waals surface area contributed by atoms with Crippen molar-refractivity contribution in [2.45, 2.75) is 26.1 Å².